The van der Waals surface area contributed by atoms with Crippen LogP contribution in [-0.2, 0) is 29.5 Å². The number of rotatable bonds is 6. The molecule has 0 aliphatic carbocycles. The van der Waals surface area contributed by atoms with Crippen molar-refractivity contribution in [1.29, 1.82) is 0 Å². The lowest BCUT2D eigenvalue weighted by atomic mass is 9.82. The van der Waals surface area contributed by atoms with Crippen molar-refractivity contribution in [2.75, 3.05) is 6.54 Å². The van der Waals surface area contributed by atoms with E-state index in [4.69, 9.17) is 4.74 Å². The van der Waals surface area contributed by atoms with E-state index in [0.717, 1.165) is 28.0 Å². The van der Waals surface area contributed by atoms with Crippen LogP contribution in [0.5, 0.6) is 5.75 Å². The van der Waals surface area contributed by atoms with E-state index in [1.165, 1.54) is 6.07 Å². The van der Waals surface area contributed by atoms with Gasteiger partial charge in [-0.2, -0.15) is 13.2 Å². The minimum atomic E-state index is -4.53. The fraction of sp³-hybridized carbons (Fsp3) is 0.480. The number of hydrogen-bond acceptors (Lipinski definition) is 3. The number of halogens is 4. The smallest absolute Gasteiger partial charge is 0.416 e. The SMILES string of the molecule is CC(C)(C)c1cc(OCc2ccc(I)cc2)c(CN2CCCC[C@H]2C(=O)O)cc1C(F)(F)F. The zero-order valence-corrected chi connectivity index (χ0v) is 21.2. The van der Waals surface area contributed by atoms with Gasteiger partial charge in [-0.3, -0.25) is 9.69 Å². The number of nitrogens with zero attached hydrogens (tertiary/aromatic N) is 1. The van der Waals surface area contributed by atoms with Gasteiger partial charge in [0.2, 0.25) is 0 Å². The second-order valence-corrected chi connectivity index (χ2v) is 10.7. The van der Waals surface area contributed by atoms with E-state index >= 15 is 0 Å². The highest BCUT2D eigenvalue weighted by Crippen LogP contribution is 2.41. The first-order valence-electron chi connectivity index (χ1n) is 10.9. The van der Waals surface area contributed by atoms with Crippen molar-refractivity contribution < 1.29 is 27.8 Å². The van der Waals surface area contributed by atoms with Crippen molar-refractivity contribution in [1.82, 2.24) is 4.90 Å². The van der Waals surface area contributed by atoms with Crippen molar-refractivity contribution in [2.45, 2.75) is 70.8 Å². The Labute approximate surface area is 206 Å². The first-order valence-corrected chi connectivity index (χ1v) is 12.0. The zero-order valence-electron chi connectivity index (χ0n) is 19.0. The molecule has 1 saturated heterocycles. The summed E-state index contributed by atoms with van der Waals surface area (Å²) >= 11 is 2.20. The standard InChI is InChI=1S/C25H29F3INO3/c1-24(2,3)19-13-22(33-15-16-7-9-18(29)10-8-16)17(12-20(19)25(26,27)28)14-30-11-5-4-6-21(30)23(31)32/h7-10,12-13,21H,4-6,11,14-15H2,1-3H3,(H,31,32)/t21-/m0/s1. The average molecular weight is 575 g/mol. The number of aliphatic carboxylic acids is 1. The number of carboxylic acid groups (broad SMARTS) is 1. The summed E-state index contributed by atoms with van der Waals surface area (Å²) in [5.41, 5.74) is -0.0340. The predicted octanol–water partition coefficient (Wildman–Crippen LogP) is 6.63. The largest absolute Gasteiger partial charge is 0.489 e. The van der Waals surface area contributed by atoms with Gasteiger partial charge in [0.05, 0.1) is 5.56 Å². The van der Waals surface area contributed by atoms with Crippen LogP contribution in [0, 0.1) is 3.57 Å². The molecule has 2 aromatic carbocycles. The number of alkyl halides is 3. The van der Waals surface area contributed by atoms with Gasteiger partial charge in [0, 0.05) is 15.7 Å². The molecular formula is C25H29F3INO3. The van der Waals surface area contributed by atoms with Crippen LogP contribution in [0.3, 0.4) is 0 Å². The molecule has 1 heterocycles. The Morgan fingerprint density at radius 2 is 1.79 bits per heavy atom. The van der Waals surface area contributed by atoms with Crippen LogP contribution in [0.2, 0.25) is 0 Å². The van der Waals surface area contributed by atoms with Crippen LogP contribution < -0.4 is 4.74 Å². The molecule has 8 heteroatoms. The van der Waals surface area contributed by atoms with E-state index in [1.807, 2.05) is 24.3 Å². The molecule has 0 aromatic heterocycles. The van der Waals surface area contributed by atoms with E-state index < -0.39 is 29.2 Å². The number of benzene rings is 2. The van der Waals surface area contributed by atoms with Crippen LogP contribution in [0.15, 0.2) is 36.4 Å². The Morgan fingerprint density at radius 1 is 1.12 bits per heavy atom. The fourth-order valence-electron chi connectivity index (χ4n) is 4.16. The Balaban J connectivity index is 2.03. The molecular weight excluding hydrogens is 546 g/mol. The number of hydrogen-bond donors (Lipinski definition) is 1. The molecule has 180 valence electrons. The summed E-state index contributed by atoms with van der Waals surface area (Å²) in [6.07, 6.45) is -2.43. The molecule has 33 heavy (non-hydrogen) atoms. The Hall–Kier alpha value is -1.81. The Kier molecular flexibility index (Phi) is 7.99. The molecule has 0 spiro atoms. The monoisotopic (exact) mass is 575 g/mol. The first kappa shape index (κ1) is 25.8. The summed E-state index contributed by atoms with van der Waals surface area (Å²) in [5.74, 6) is -0.584. The van der Waals surface area contributed by atoms with Crippen molar-refractivity contribution in [2.24, 2.45) is 0 Å². The molecule has 4 nitrogen and oxygen atoms in total. The van der Waals surface area contributed by atoms with Gasteiger partial charge >= 0.3 is 12.1 Å². The molecule has 1 N–H and O–H groups in total. The van der Waals surface area contributed by atoms with Gasteiger partial charge in [0.15, 0.2) is 0 Å². The van der Waals surface area contributed by atoms with Gasteiger partial charge in [-0.25, -0.2) is 0 Å². The maximum atomic E-state index is 14.0. The maximum absolute atomic E-state index is 14.0. The summed E-state index contributed by atoms with van der Waals surface area (Å²) < 4.78 is 49.2. The lowest BCUT2D eigenvalue weighted by Gasteiger charge is -2.34. The Morgan fingerprint density at radius 3 is 2.36 bits per heavy atom. The molecule has 1 aliphatic heterocycles. The van der Waals surface area contributed by atoms with Crippen LogP contribution in [0.25, 0.3) is 0 Å². The minimum Gasteiger partial charge on any atom is -0.489 e. The normalized spacial score (nSPS) is 17.7. The molecule has 1 atom stereocenters. The molecule has 1 fully saturated rings. The third kappa shape index (κ3) is 6.62. The summed E-state index contributed by atoms with van der Waals surface area (Å²) in [4.78, 5) is 13.5. The molecule has 3 rings (SSSR count). The maximum Gasteiger partial charge on any atom is 0.416 e. The molecule has 0 saturated carbocycles. The highest BCUT2D eigenvalue weighted by molar-refractivity contribution is 14.1. The molecule has 2 aromatic rings. The van der Waals surface area contributed by atoms with E-state index in [1.54, 1.807) is 25.7 Å². The van der Waals surface area contributed by atoms with Gasteiger partial charge < -0.3 is 9.84 Å². The van der Waals surface area contributed by atoms with Gasteiger partial charge in [-0.1, -0.05) is 39.3 Å². The number of carboxylic acids is 1. The molecule has 0 unspecified atom stereocenters. The second kappa shape index (κ2) is 10.2. The van der Waals surface area contributed by atoms with Crippen molar-refractivity contribution >= 4 is 28.6 Å². The molecule has 0 amide bonds. The lowest BCUT2D eigenvalue weighted by Crippen LogP contribution is -2.44. The van der Waals surface area contributed by atoms with Crippen LogP contribution in [0.4, 0.5) is 13.2 Å². The molecule has 0 radical (unpaired) electrons. The average Bonchev–Trinajstić information content (AvgIpc) is 2.72. The summed E-state index contributed by atoms with van der Waals surface area (Å²) in [5, 5.41) is 9.61. The van der Waals surface area contributed by atoms with Crippen molar-refractivity contribution in [3.8, 4) is 5.75 Å². The van der Waals surface area contributed by atoms with Gasteiger partial charge in [-0.05, 0) is 82.8 Å². The lowest BCUT2D eigenvalue weighted by molar-refractivity contribution is -0.145. The minimum absolute atomic E-state index is 0.0898. The van der Waals surface area contributed by atoms with Crippen LogP contribution >= 0.6 is 22.6 Å². The topological polar surface area (TPSA) is 49.8 Å². The number of likely N-dealkylation sites (tertiary alicyclic amines) is 1. The second-order valence-electron chi connectivity index (χ2n) is 9.49. The zero-order chi connectivity index (χ0) is 24.4. The van der Waals surface area contributed by atoms with E-state index in [-0.39, 0.29) is 18.7 Å². The number of ether oxygens (including phenoxy) is 1. The highest BCUT2D eigenvalue weighted by atomic mass is 127. The fourth-order valence-corrected chi connectivity index (χ4v) is 4.52. The third-order valence-corrected chi connectivity index (χ3v) is 6.61. The van der Waals surface area contributed by atoms with Gasteiger partial charge in [0.25, 0.3) is 0 Å². The summed E-state index contributed by atoms with van der Waals surface area (Å²) in [7, 11) is 0. The van der Waals surface area contributed by atoms with E-state index in [0.29, 0.717) is 24.3 Å². The third-order valence-electron chi connectivity index (χ3n) is 5.89. The predicted molar refractivity (Wildman–Crippen MR) is 129 cm³/mol. The Bertz CT molecular complexity index is 984. The van der Waals surface area contributed by atoms with Crippen molar-refractivity contribution in [3.63, 3.8) is 0 Å². The quantitative estimate of drug-likeness (QED) is 0.394. The number of piperidine rings is 1. The first-order chi connectivity index (χ1) is 15.4. The van der Waals surface area contributed by atoms with E-state index in [9.17, 15) is 23.1 Å². The molecule has 0 bridgehead atoms. The van der Waals surface area contributed by atoms with E-state index in [2.05, 4.69) is 22.6 Å². The highest BCUT2D eigenvalue weighted by Gasteiger charge is 2.38. The number of carbonyl (C=O) groups is 1. The van der Waals surface area contributed by atoms with Crippen LogP contribution in [0.1, 0.15) is 62.3 Å². The summed E-state index contributed by atoms with van der Waals surface area (Å²) in [6.45, 7) is 6.05. The van der Waals surface area contributed by atoms with Crippen LogP contribution in [-0.4, -0.2) is 28.6 Å². The molecule has 1 aliphatic rings. The van der Waals surface area contributed by atoms with Gasteiger partial charge in [-0.15, -0.1) is 0 Å². The summed E-state index contributed by atoms with van der Waals surface area (Å²) in [6, 6.07) is 9.65. The van der Waals surface area contributed by atoms with Crippen molar-refractivity contribution in [3.05, 3.63) is 62.2 Å². The van der Waals surface area contributed by atoms with Gasteiger partial charge in [0.1, 0.15) is 18.4 Å².